The highest BCUT2D eigenvalue weighted by Crippen LogP contribution is 2.31. The number of rotatable bonds is 9. The molecular formula is C24H31ClF2N2O3. The van der Waals surface area contributed by atoms with E-state index in [1.807, 2.05) is 26.0 Å². The molecule has 0 amide bonds. The fraction of sp³-hybridized carbons (Fsp3) is 0.458. The summed E-state index contributed by atoms with van der Waals surface area (Å²) in [7, 11) is 2.91. The minimum absolute atomic E-state index is 0.204. The minimum atomic E-state index is -2.41. The Bertz CT molecular complexity index is 886. The molecular weight excluding hydrogens is 438 g/mol. The summed E-state index contributed by atoms with van der Waals surface area (Å²) in [6, 6.07) is 4.92. The van der Waals surface area contributed by atoms with Gasteiger partial charge in [-0.05, 0) is 37.1 Å². The van der Waals surface area contributed by atoms with Gasteiger partial charge in [0.1, 0.15) is 0 Å². The third-order valence-electron chi connectivity index (χ3n) is 5.60. The predicted octanol–water partition coefficient (Wildman–Crippen LogP) is 5.10. The first-order valence-electron chi connectivity index (χ1n) is 10.4. The van der Waals surface area contributed by atoms with Crippen molar-refractivity contribution < 1.29 is 23.0 Å². The molecule has 1 saturated heterocycles. The number of hydrogen-bond acceptors (Lipinski definition) is 5. The number of alkyl halides is 2. The maximum atomic E-state index is 13.1. The molecule has 1 unspecified atom stereocenters. The molecule has 1 aliphatic rings. The third-order valence-corrected chi connectivity index (χ3v) is 5.92. The Hall–Kier alpha value is -2.22. The van der Waals surface area contributed by atoms with E-state index in [4.69, 9.17) is 21.1 Å². The normalized spacial score (nSPS) is 18.7. The van der Waals surface area contributed by atoms with E-state index in [1.54, 1.807) is 30.2 Å². The molecule has 176 valence electrons. The number of benzene rings is 1. The molecule has 8 heteroatoms. The maximum Gasteiger partial charge on any atom is 0.339 e. The highest BCUT2D eigenvalue weighted by Gasteiger charge is 2.31. The van der Waals surface area contributed by atoms with Crippen molar-refractivity contribution in [2.75, 3.05) is 46.9 Å². The molecule has 5 nitrogen and oxygen atoms in total. The van der Waals surface area contributed by atoms with Gasteiger partial charge in [0.05, 0.1) is 37.1 Å². The summed E-state index contributed by atoms with van der Waals surface area (Å²) >= 11 is 6.36. The second kappa shape index (κ2) is 12.1. The fourth-order valence-corrected chi connectivity index (χ4v) is 4.09. The van der Waals surface area contributed by atoms with Gasteiger partial charge in [-0.2, -0.15) is 0 Å². The Kier molecular flexibility index (Phi) is 9.87. The molecule has 0 aromatic heterocycles. The molecule has 0 N–H and O–H groups in total. The topological polar surface area (TPSA) is 42.0 Å². The molecule has 1 aliphatic heterocycles. The van der Waals surface area contributed by atoms with Crippen LogP contribution in [0.15, 0.2) is 53.8 Å². The molecule has 0 bridgehead atoms. The number of hydrogen-bond donors (Lipinski definition) is 0. The van der Waals surface area contributed by atoms with Crippen LogP contribution in [0.2, 0.25) is 5.02 Å². The van der Waals surface area contributed by atoms with E-state index in [0.29, 0.717) is 26.2 Å². The van der Waals surface area contributed by atoms with E-state index in [2.05, 4.69) is 11.5 Å². The van der Waals surface area contributed by atoms with Crippen molar-refractivity contribution in [2.45, 2.75) is 26.3 Å². The number of nitrogens with zero attached hydrogens (tertiary/aromatic N) is 2. The average molecular weight is 469 g/mol. The van der Waals surface area contributed by atoms with Crippen LogP contribution in [0.1, 0.15) is 35.8 Å². The molecule has 32 heavy (non-hydrogen) atoms. The molecule has 0 spiro atoms. The zero-order valence-corrected chi connectivity index (χ0v) is 19.8. The summed E-state index contributed by atoms with van der Waals surface area (Å²) in [4.78, 5) is 15.9. The van der Waals surface area contributed by atoms with Gasteiger partial charge in [-0.3, -0.25) is 9.80 Å². The first-order valence-corrected chi connectivity index (χ1v) is 10.8. The Morgan fingerprint density at radius 2 is 2.03 bits per heavy atom. The van der Waals surface area contributed by atoms with Crippen molar-refractivity contribution in [3.8, 4) is 0 Å². The fourth-order valence-electron chi connectivity index (χ4n) is 3.82. The standard InChI is InChI=1S/C24H31ClF2N2O3/c1-6-7-16(2)20(17(3)31-4)13-29-11-10-28(15-23(26)27)14-22(29)18-8-9-19(21(25)12-18)24(30)32-5/h6-9,12,22-23H,2,10-11,13-15H2,1,3-5H3/b7-6-,20-17+. The second-order valence-electron chi connectivity index (χ2n) is 7.63. The second-order valence-corrected chi connectivity index (χ2v) is 8.04. The lowest BCUT2D eigenvalue weighted by Crippen LogP contribution is -2.50. The van der Waals surface area contributed by atoms with Crippen molar-refractivity contribution in [2.24, 2.45) is 0 Å². The van der Waals surface area contributed by atoms with Gasteiger partial charge in [0.15, 0.2) is 0 Å². The number of halogens is 3. The summed E-state index contributed by atoms with van der Waals surface area (Å²) in [6.45, 7) is 9.71. The monoisotopic (exact) mass is 468 g/mol. The minimum Gasteiger partial charge on any atom is -0.501 e. The van der Waals surface area contributed by atoms with Crippen LogP contribution in [-0.4, -0.2) is 69.1 Å². The number of allylic oxidation sites excluding steroid dienone is 3. The van der Waals surface area contributed by atoms with Crippen LogP contribution in [0.25, 0.3) is 0 Å². The molecule has 0 radical (unpaired) electrons. The quantitative estimate of drug-likeness (QED) is 0.286. The molecule has 0 saturated carbocycles. The lowest BCUT2D eigenvalue weighted by atomic mass is 9.98. The number of carbonyl (C=O) groups excluding carboxylic acids is 1. The van der Waals surface area contributed by atoms with Gasteiger partial charge in [-0.1, -0.05) is 36.4 Å². The van der Waals surface area contributed by atoms with Gasteiger partial charge in [0.2, 0.25) is 0 Å². The Morgan fingerprint density at radius 1 is 1.31 bits per heavy atom. The number of piperazine rings is 1. The van der Waals surface area contributed by atoms with Gasteiger partial charge in [-0.25, -0.2) is 13.6 Å². The van der Waals surface area contributed by atoms with Crippen LogP contribution < -0.4 is 0 Å². The summed E-state index contributed by atoms with van der Waals surface area (Å²) in [6.07, 6.45) is 1.42. The molecule has 1 heterocycles. The van der Waals surface area contributed by atoms with Crippen molar-refractivity contribution in [1.29, 1.82) is 0 Å². The summed E-state index contributed by atoms with van der Waals surface area (Å²) in [5.41, 5.74) is 2.88. The van der Waals surface area contributed by atoms with Crippen molar-refractivity contribution in [3.63, 3.8) is 0 Å². The molecule has 1 fully saturated rings. The maximum absolute atomic E-state index is 13.1. The van der Waals surface area contributed by atoms with Crippen molar-refractivity contribution in [3.05, 3.63) is 70.0 Å². The van der Waals surface area contributed by atoms with Crippen LogP contribution in [0.4, 0.5) is 8.78 Å². The van der Waals surface area contributed by atoms with E-state index >= 15 is 0 Å². The third kappa shape index (κ3) is 6.64. The molecule has 0 aliphatic carbocycles. The number of ether oxygens (including phenoxy) is 2. The van der Waals surface area contributed by atoms with E-state index in [0.717, 1.165) is 22.5 Å². The van der Waals surface area contributed by atoms with Crippen LogP contribution in [0.3, 0.4) is 0 Å². The first-order chi connectivity index (χ1) is 15.2. The Balaban J connectivity index is 2.41. The number of methoxy groups -OCH3 is 2. The van der Waals surface area contributed by atoms with Crippen molar-refractivity contribution >= 4 is 17.6 Å². The van der Waals surface area contributed by atoms with Crippen LogP contribution in [-0.2, 0) is 9.47 Å². The first kappa shape index (κ1) is 26.0. The van der Waals surface area contributed by atoms with Crippen LogP contribution in [0.5, 0.6) is 0 Å². The largest absolute Gasteiger partial charge is 0.501 e. The number of esters is 1. The highest BCUT2D eigenvalue weighted by atomic mass is 35.5. The van der Waals surface area contributed by atoms with Crippen LogP contribution in [0, 0.1) is 0 Å². The van der Waals surface area contributed by atoms with E-state index in [1.165, 1.54) is 7.11 Å². The molecule has 2 rings (SSSR count). The smallest absolute Gasteiger partial charge is 0.339 e. The van der Waals surface area contributed by atoms with E-state index in [9.17, 15) is 13.6 Å². The van der Waals surface area contributed by atoms with E-state index in [-0.39, 0.29) is 23.2 Å². The summed E-state index contributed by atoms with van der Waals surface area (Å²) in [5, 5.41) is 0.266. The highest BCUT2D eigenvalue weighted by molar-refractivity contribution is 6.33. The molecule has 1 aromatic carbocycles. The van der Waals surface area contributed by atoms with Gasteiger partial charge in [0, 0.05) is 37.8 Å². The van der Waals surface area contributed by atoms with Gasteiger partial charge in [0.25, 0.3) is 6.43 Å². The van der Waals surface area contributed by atoms with E-state index < -0.39 is 12.4 Å². The van der Waals surface area contributed by atoms with Crippen LogP contribution >= 0.6 is 11.6 Å². The lowest BCUT2D eigenvalue weighted by molar-refractivity contribution is 0.0314. The Morgan fingerprint density at radius 3 is 2.59 bits per heavy atom. The predicted molar refractivity (Wildman–Crippen MR) is 123 cm³/mol. The Labute approximate surface area is 193 Å². The van der Waals surface area contributed by atoms with Crippen molar-refractivity contribution in [1.82, 2.24) is 9.80 Å². The number of carbonyl (C=O) groups is 1. The average Bonchev–Trinajstić information content (AvgIpc) is 2.76. The SMILES string of the molecule is C=C(/C=C\C)/C(CN1CCN(CC(F)F)CC1c1ccc(C(=O)OC)c(Cl)c1)=C(\C)OC. The zero-order chi connectivity index (χ0) is 23.8. The molecule has 1 aromatic rings. The zero-order valence-electron chi connectivity index (χ0n) is 19.0. The lowest BCUT2D eigenvalue weighted by Gasteiger charge is -2.42. The van der Waals surface area contributed by atoms with Gasteiger partial charge in [-0.15, -0.1) is 0 Å². The summed E-state index contributed by atoms with van der Waals surface area (Å²) < 4.78 is 36.4. The van der Waals surface area contributed by atoms with Gasteiger partial charge >= 0.3 is 5.97 Å². The van der Waals surface area contributed by atoms with Gasteiger partial charge < -0.3 is 9.47 Å². The molecule has 1 atom stereocenters. The summed E-state index contributed by atoms with van der Waals surface area (Å²) in [5.74, 6) is 0.228.